The van der Waals surface area contributed by atoms with Crippen LogP contribution in [0.15, 0.2) is 27.6 Å². The molecule has 1 amide bonds. The first-order chi connectivity index (χ1) is 12.0. The van der Waals surface area contributed by atoms with Crippen LogP contribution < -0.4 is 0 Å². The highest BCUT2D eigenvalue weighted by Gasteiger charge is 2.64. The summed E-state index contributed by atoms with van der Waals surface area (Å²) in [7, 11) is -4.25. The average Bonchev–Trinajstić information content (AvgIpc) is 2.53. The van der Waals surface area contributed by atoms with Gasteiger partial charge in [-0.2, -0.15) is 4.31 Å². The average molecular weight is 476 g/mol. The summed E-state index contributed by atoms with van der Waals surface area (Å²) in [5.41, 5.74) is -1.44. The third-order valence-electron chi connectivity index (χ3n) is 4.97. The molecule has 2 aliphatic heterocycles. The third-order valence-corrected chi connectivity index (χ3v) is 7.69. The summed E-state index contributed by atoms with van der Waals surface area (Å²) in [6.45, 7) is -1.42. The van der Waals surface area contributed by atoms with E-state index in [0.717, 1.165) is 12.1 Å². The predicted molar refractivity (Wildman–Crippen MR) is 92.2 cm³/mol. The van der Waals surface area contributed by atoms with Crippen molar-refractivity contribution in [2.45, 2.75) is 17.2 Å². The lowest BCUT2D eigenvalue weighted by Crippen LogP contribution is -2.71. The normalized spacial score (nSPS) is 22.3. The number of carbonyl (C=O) groups is 1. The summed E-state index contributed by atoms with van der Waals surface area (Å²) >= 11 is 8.35. The molecular formula is C15H15BrClF3N2O3S. The highest BCUT2D eigenvalue weighted by Crippen LogP contribution is 2.50. The van der Waals surface area contributed by atoms with Crippen molar-refractivity contribution < 1.29 is 26.4 Å². The summed E-state index contributed by atoms with van der Waals surface area (Å²) in [6, 6.07) is 3.18. The van der Waals surface area contributed by atoms with Crippen LogP contribution in [0.3, 0.4) is 0 Å². The third kappa shape index (κ3) is 3.14. The first-order valence-electron chi connectivity index (χ1n) is 7.69. The van der Waals surface area contributed by atoms with E-state index in [2.05, 4.69) is 15.9 Å². The number of sulfonamides is 1. The van der Waals surface area contributed by atoms with Gasteiger partial charge in [0.25, 0.3) is 5.92 Å². The molecule has 1 aromatic rings. The van der Waals surface area contributed by atoms with Crippen LogP contribution in [0, 0.1) is 11.2 Å². The van der Waals surface area contributed by atoms with Gasteiger partial charge in [-0.1, -0.05) is 0 Å². The van der Waals surface area contributed by atoms with E-state index in [-0.39, 0.29) is 41.3 Å². The first-order valence-corrected chi connectivity index (χ1v) is 10.5. The Hall–Kier alpha value is -0.840. The Labute approximate surface area is 162 Å². The zero-order valence-corrected chi connectivity index (χ0v) is 16.6. The van der Waals surface area contributed by atoms with E-state index in [4.69, 9.17) is 11.6 Å². The summed E-state index contributed by atoms with van der Waals surface area (Å²) in [6.07, 6.45) is -0.0930. The van der Waals surface area contributed by atoms with Gasteiger partial charge in [0.2, 0.25) is 15.9 Å². The van der Waals surface area contributed by atoms with E-state index in [9.17, 15) is 26.4 Å². The smallest absolute Gasteiger partial charge is 0.270 e. The lowest BCUT2D eigenvalue weighted by atomic mass is 9.69. The summed E-state index contributed by atoms with van der Waals surface area (Å²) in [5.74, 6) is -4.80. The van der Waals surface area contributed by atoms with Crippen molar-refractivity contribution in [3.8, 4) is 0 Å². The Morgan fingerprint density at radius 1 is 1.27 bits per heavy atom. The molecule has 0 atom stereocenters. The molecule has 0 bridgehead atoms. The number of nitrogens with zero attached hydrogens (tertiary/aromatic N) is 2. The number of hydrogen-bond donors (Lipinski definition) is 0. The van der Waals surface area contributed by atoms with Gasteiger partial charge in [-0.15, -0.1) is 11.6 Å². The van der Waals surface area contributed by atoms with Crippen molar-refractivity contribution in [2.75, 3.05) is 32.1 Å². The lowest BCUT2D eigenvalue weighted by molar-refractivity contribution is -0.214. The predicted octanol–water partition coefficient (Wildman–Crippen LogP) is 2.69. The van der Waals surface area contributed by atoms with Crippen LogP contribution in [-0.2, 0) is 14.8 Å². The van der Waals surface area contributed by atoms with Crippen LogP contribution in [0.25, 0.3) is 0 Å². The maximum absolute atomic E-state index is 14.7. The highest BCUT2D eigenvalue weighted by molar-refractivity contribution is 9.10. The van der Waals surface area contributed by atoms with Crippen LogP contribution in [0.4, 0.5) is 13.2 Å². The van der Waals surface area contributed by atoms with Crippen LogP contribution >= 0.6 is 27.5 Å². The van der Waals surface area contributed by atoms with E-state index in [0.29, 0.717) is 4.31 Å². The number of carbonyl (C=O) groups excluding carboxylic acids is 1. The molecule has 2 aliphatic rings. The van der Waals surface area contributed by atoms with Crippen molar-refractivity contribution >= 4 is 43.5 Å². The Balaban J connectivity index is 1.79. The minimum Gasteiger partial charge on any atom is -0.340 e. The van der Waals surface area contributed by atoms with Gasteiger partial charge < -0.3 is 4.90 Å². The first kappa shape index (κ1) is 19.9. The second-order valence-corrected chi connectivity index (χ2v) is 9.59. The van der Waals surface area contributed by atoms with Gasteiger partial charge in [-0.3, -0.25) is 4.79 Å². The van der Waals surface area contributed by atoms with E-state index >= 15 is 0 Å². The number of hydrogen-bond acceptors (Lipinski definition) is 3. The fraction of sp³-hybridized carbons (Fsp3) is 0.533. The van der Waals surface area contributed by atoms with Gasteiger partial charge in [0, 0.05) is 19.6 Å². The van der Waals surface area contributed by atoms with Gasteiger partial charge in [0.1, 0.15) is 11.7 Å². The molecule has 1 spiro atoms. The molecule has 2 saturated heterocycles. The summed E-state index contributed by atoms with van der Waals surface area (Å²) < 4.78 is 69.1. The molecule has 0 unspecified atom stereocenters. The number of benzene rings is 1. The monoisotopic (exact) mass is 474 g/mol. The van der Waals surface area contributed by atoms with E-state index in [1.807, 2.05) is 0 Å². The van der Waals surface area contributed by atoms with E-state index in [1.54, 1.807) is 0 Å². The van der Waals surface area contributed by atoms with Crippen molar-refractivity contribution in [1.29, 1.82) is 0 Å². The van der Waals surface area contributed by atoms with Crippen molar-refractivity contribution in [3.05, 3.63) is 28.5 Å². The number of likely N-dealkylation sites (tertiary alicyclic amines) is 1. The Morgan fingerprint density at radius 2 is 1.92 bits per heavy atom. The maximum Gasteiger partial charge on any atom is 0.270 e. The Bertz CT molecular complexity index is 847. The molecule has 0 N–H and O–H groups in total. The molecule has 11 heteroatoms. The van der Waals surface area contributed by atoms with Crippen LogP contribution in [-0.4, -0.2) is 61.5 Å². The molecule has 0 radical (unpaired) electrons. The topological polar surface area (TPSA) is 57.7 Å². The van der Waals surface area contributed by atoms with Gasteiger partial charge in [0.15, 0.2) is 0 Å². The molecule has 0 saturated carbocycles. The molecule has 3 rings (SSSR count). The molecule has 2 fully saturated rings. The summed E-state index contributed by atoms with van der Waals surface area (Å²) in [5, 5.41) is 0. The van der Waals surface area contributed by atoms with Gasteiger partial charge in [-0.25, -0.2) is 21.6 Å². The molecule has 5 nitrogen and oxygen atoms in total. The van der Waals surface area contributed by atoms with Gasteiger partial charge in [-0.05, 0) is 40.5 Å². The molecule has 1 aromatic carbocycles. The summed E-state index contributed by atoms with van der Waals surface area (Å²) in [4.78, 5) is 12.4. The largest absolute Gasteiger partial charge is 0.340 e. The van der Waals surface area contributed by atoms with Crippen molar-refractivity contribution in [2.24, 2.45) is 5.41 Å². The van der Waals surface area contributed by atoms with E-state index in [1.165, 1.54) is 11.0 Å². The minimum absolute atomic E-state index is 0.0814. The van der Waals surface area contributed by atoms with Crippen LogP contribution in [0.5, 0.6) is 0 Å². The molecule has 0 aliphatic carbocycles. The number of halogens is 5. The second kappa shape index (κ2) is 6.65. The quantitative estimate of drug-likeness (QED) is 0.632. The Morgan fingerprint density at radius 3 is 2.46 bits per heavy atom. The molecule has 144 valence electrons. The lowest BCUT2D eigenvalue weighted by Gasteiger charge is -2.56. The van der Waals surface area contributed by atoms with E-state index < -0.39 is 39.6 Å². The van der Waals surface area contributed by atoms with Gasteiger partial charge >= 0.3 is 0 Å². The zero-order valence-electron chi connectivity index (χ0n) is 13.4. The minimum atomic E-state index is -4.25. The van der Waals surface area contributed by atoms with Crippen molar-refractivity contribution in [3.63, 3.8) is 0 Å². The van der Waals surface area contributed by atoms with Crippen LogP contribution in [0.2, 0.25) is 0 Å². The molecule has 0 aromatic heterocycles. The number of rotatable bonds is 3. The van der Waals surface area contributed by atoms with Gasteiger partial charge in [0.05, 0.1) is 21.3 Å². The number of alkyl halides is 3. The molecule has 2 heterocycles. The number of amides is 1. The fourth-order valence-electron chi connectivity index (χ4n) is 3.32. The second-order valence-electron chi connectivity index (χ2n) is 6.53. The highest BCUT2D eigenvalue weighted by atomic mass is 79.9. The van der Waals surface area contributed by atoms with Crippen LogP contribution in [0.1, 0.15) is 6.42 Å². The fourth-order valence-corrected chi connectivity index (χ4v) is 5.19. The van der Waals surface area contributed by atoms with Crippen molar-refractivity contribution in [1.82, 2.24) is 9.21 Å². The Kier molecular flexibility index (Phi) is 5.09. The SMILES string of the molecule is O=C(CCl)N1CC2(CCN(S(=O)(=O)c3ccc(Br)c(F)c3)CC2(F)F)C1. The zero-order chi connectivity index (χ0) is 19.3. The maximum atomic E-state index is 14.7. The number of piperidine rings is 1. The molecule has 26 heavy (non-hydrogen) atoms. The standard InChI is InChI=1S/C15H15BrClF3N2O3S/c16-11-2-1-10(5-12(11)18)26(24,25)22-4-3-14(15(19,20)9-22)7-21(8-14)13(23)6-17/h1-2,5H,3-4,6-9H2. The molecular weight excluding hydrogens is 461 g/mol.